The van der Waals surface area contributed by atoms with Crippen LogP contribution in [0, 0.1) is 11.5 Å². The van der Waals surface area contributed by atoms with Crippen LogP contribution >= 0.6 is 0 Å². The lowest BCUT2D eigenvalue weighted by Gasteiger charge is -2.50. The molecule has 0 heterocycles. The molecule has 0 fully saturated rings. The normalized spacial score (nSPS) is 13.4. The van der Waals surface area contributed by atoms with Crippen LogP contribution < -0.4 is 0 Å². The zero-order valence-electron chi connectivity index (χ0n) is 14.7. The summed E-state index contributed by atoms with van der Waals surface area (Å²) in [4.78, 5) is 0. The Balaban J connectivity index is 3.13. The van der Waals surface area contributed by atoms with Crippen LogP contribution in [0.3, 0.4) is 0 Å². The molecule has 3 heteroatoms. The summed E-state index contributed by atoms with van der Waals surface area (Å²) >= 11 is 0. The zero-order valence-corrected chi connectivity index (χ0v) is 15.7. The van der Waals surface area contributed by atoms with Gasteiger partial charge < -0.3 is 10.2 Å². The Morgan fingerprint density at radius 2 is 1.36 bits per heavy atom. The minimum atomic E-state index is -1.70. The molecular formula is C19H30O2Si-. The molecule has 1 rings (SSSR count). The lowest BCUT2D eigenvalue weighted by atomic mass is 10.1. The highest BCUT2D eigenvalue weighted by Crippen LogP contribution is 2.40. The fourth-order valence-corrected chi connectivity index (χ4v) is 8.73. The summed E-state index contributed by atoms with van der Waals surface area (Å²) in [7, 11) is -1.70. The fourth-order valence-electron chi connectivity index (χ4n) is 3.51. The maximum Gasteiger partial charge on any atom is 0.102 e. The first-order chi connectivity index (χ1) is 10.3. The smallest absolute Gasteiger partial charge is 0.102 e. The average molecular weight is 319 g/mol. The number of benzene rings is 1. The van der Waals surface area contributed by atoms with E-state index in [9.17, 15) is 5.11 Å². The molecule has 0 radical (unpaired) electrons. The van der Waals surface area contributed by atoms with Crippen LogP contribution in [-0.2, 0) is 0 Å². The summed E-state index contributed by atoms with van der Waals surface area (Å²) in [5.74, 6) is 3.38. The standard InChI is InChI=1S/C19H30O2Si/c1-14(2)22(15(3)4,16(5)6)12-11-17-7-9-18(10-8-17)19(21)13-20/h7-10,14-16,19-21H,13H2,1-6H3/q-1. The van der Waals surface area contributed by atoms with Crippen LogP contribution in [0.2, 0.25) is 16.6 Å². The topological polar surface area (TPSA) is 40.5 Å². The third-order valence-corrected chi connectivity index (χ3v) is 11.0. The number of aliphatic hydroxyl groups excluding tert-OH is 2. The zero-order chi connectivity index (χ0) is 16.9. The van der Waals surface area contributed by atoms with Crippen molar-refractivity contribution in [2.45, 2.75) is 64.3 Å². The maximum absolute atomic E-state index is 9.62. The van der Waals surface area contributed by atoms with Crippen molar-refractivity contribution in [1.29, 1.82) is 0 Å². The van der Waals surface area contributed by atoms with Gasteiger partial charge in [0, 0.05) is 5.56 Å². The van der Waals surface area contributed by atoms with Gasteiger partial charge in [0.2, 0.25) is 0 Å². The van der Waals surface area contributed by atoms with Crippen molar-refractivity contribution in [1.82, 2.24) is 0 Å². The second kappa shape index (κ2) is 7.96. The molecular weight excluding hydrogens is 288 g/mol. The van der Waals surface area contributed by atoms with Gasteiger partial charge in [0.05, 0.1) is 6.61 Å². The highest BCUT2D eigenvalue weighted by atomic mass is 28.3. The van der Waals surface area contributed by atoms with Gasteiger partial charge in [-0.2, -0.15) is 0 Å². The Morgan fingerprint density at radius 3 is 1.73 bits per heavy atom. The minimum Gasteiger partial charge on any atom is -0.393 e. The van der Waals surface area contributed by atoms with Gasteiger partial charge in [0.15, 0.2) is 0 Å². The first-order valence-corrected chi connectivity index (χ1v) is 10.4. The molecule has 0 saturated heterocycles. The lowest BCUT2D eigenvalue weighted by molar-refractivity contribution is 0.0956. The van der Waals surface area contributed by atoms with E-state index in [4.69, 9.17) is 5.11 Å². The molecule has 0 bridgehead atoms. The van der Waals surface area contributed by atoms with Crippen LogP contribution in [-0.4, -0.2) is 24.9 Å². The van der Waals surface area contributed by atoms with Crippen LogP contribution in [0.25, 0.3) is 0 Å². The van der Waals surface area contributed by atoms with Crippen molar-refractivity contribution in [3.63, 3.8) is 0 Å². The molecule has 22 heavy (non-hydrogen) atoms. The van der Waals surface area contributed by atoms with Gasteiger partial charge in [-0.25, -0.2) is 0 Å². The van der Waals surface area contributed by atoms with Crippen LogP contribution in [0.5, 0.6) is 0 Å². The number of rotatable bonds is 5. The van der Waals surface area contributed by atoms with Crippen LogP contribution in [0.1, 0.15) is 58.8 Å². The van der Waals surface area contributed by atoms with E-state index in [1.165, 1.54) is 0 Å². The molecule has 0 aliphatic heterocycles. The van der Waals surface area contributed by atoms with E-state index < -0.39 is 14.2 Å². The second-order valence-corrected chi connectivity index (χ2v) is 12.5. The molecule has 1 atom stereocenters. The van der Waals surface area contributed by atoms with Gasteiger partial charge in [-0.3, -0.25) is 5.54 Å². The SMILES string of the molecule is CC(C)[Si-](C#Cc1ccc(C(O)CO)cc1)(C(C)C)C(C)C. The fraction of sp³-hybridized carbons (Fsp3) is 0.579. The highest BCUT2D eigenvalue weighted by molar-refractivity contribution is 6.90. The molecule has 0 aliphatic rings. The first-order valence-electron chi connectivity index (χ1n) is 8.17. The van der Waals surface area contributed by atoms with E-state index in [1.54, 1.807) is 0 Å². The van der Waals surface area contributed by atoms with Gasteiger partial charge in [0.1, 0.15) is 6.10 Å². The van der Waals surface area contributed by atoms with Crippen LogP contribution in [0.15, 0.2) is 24.3 Å². The number of hydrogen-bond donors (Lipinski definition) is 2. The molecule has 0 saturated carbocycles. The quantitative estimate of drug-likeness (QED) is 0.628. The summed E-state index contributed by atoms with van der Waals surface area (Å²) in [6.45, 7) is 13.6. The van der Waals surface area contributed by atoms with Gasteiger partial charge in [-0.15, -0.1) is 22.5 Å². The largest absolute Gasteiger partial charge is 0.393 e. The summed E-state index contributed by atoms with van der Waals surface area (Å²) < 4.78 is 0. The van der Waals surface area contributed by atoms with Gasteiger partial charge in [-0.05, 0) is 17.7 Å². The Hall–Kier alpha value is -1.08. The van der Waals surface area contributed by atoms with E-state index in [0.29, 0.717) is 16.6 Å². The van der Waals surface area contributed by atoms with E-state index in [-0.39, 0.29) is 6.61 Å². The predicted molar refractivity (Wildman–Crippen MR) is 96.4 cm³/mol. The Morgan fingerprint density at radius 1 is 0.909 bits per heavy atom. The van der Waals surface area contributed by atoms with E-state index >= 15 is 0 Å². The lowest BCUT2D eigenvalue weighted by Crippen LogP contribution is -2.43. The summed E-state index contributed by atoms with van der Waals surface area (Å²) in [6, 6.07) is 7.55. The minimum absolute atomic E-state index is 0.255. The molecule has 1 aromatic carbocycles. The first kappa shape index (κ1) is 19.0. The Bertz CT molecular complexity index is 499. The van der Waals surface area contributed by atoms with Crippen molar-refractivity contribution >= 4 is 8.07 Å². The van der Waals surface area contributed by atoms with Crippen LogP contribution in [0.4, 0.5) is 0 Å². The monoisotopic (exact) mass is 318 g/mol. The van der Waals surface area contributed by atoms with Crippen molar-refractivity contribution < 1.29 is 10.2 Å². The Kier molecular flexibility index (Phi) is 6.86. The summed E-state index contributed by atoms with van der Waals surface area (Å²) in [5.41, 5.74) is 7.26. The van der Waals surface area contributed by atoms with Gasteiger partial charge in [-0.1, -0.05) is 61.7 Å². The molecule has 1 unspecified atom stereocenters. The molecule has 1 aromatic rings. The molecule has 2 nitrogen and oxygen atoms in total. The number of aliphatic hydroxyl groups is 2. The molecule has 0 amide bonds. The van der Waals surface area contributed by atoms with E-state index in [1.807, 2.05) is 24.3 Å². The molecule has 0 spiro atoms. The molecule has 0 aromatic heterocycles. The predicted octanol–water partition coefficient (Wildman–Crippen LogP) is 4.28. The maximum atomic E-state index is 9.62. The summed E-state index contributed by atoms with van der Waals surface area (Å²) in [6.07, 6.45) is -0.808. The highest BCUT2D eigenvalue weighted by Gasteiger charge is 2.28. The molecule has 123 valence electrons. The second-order valence-electron chi connectivity index (χ2n) is 6.97. The van der Waals surface area contributed by atoms with Crippen molar-refractivity contribution in [3.8, 4) is 11.5 Å². The van der Waals surface area contributed by atoms with E-state index in [2.05, 4.69) is 53.0 Å². The van der Waals surface area contributed by atoms with Crippen molar-refractivity contribution in [2.24, 2.45) is 0 Å². The van der Waals surface area contributed by atoms with Crippen molar-refractivity contribution in [3.05, 3.63) is 35.4 Å². The molecule has 2 N–H and O–H groups in total. The third-order valence-electron chi connectivity index (χ3n) is 4.76. The van der Waals surface area contributed by atoms with Gasteiger partial charge in [0.25, 0.3) is 0 Å². The molecule has 0 aliphatic carbocycles. The van der Waals surface area contributed by atoms with E-state index in [0.717, 1.165) is 11.1 Å². The average Bonchev–Trinajstić information content (AvgIpc) is 2.46. The number of hydrogen-bond acceptors (Lipinski definition) is 2. The summed E-state index contributed by atoms with van der Waals surface area (Å²) in [5, 5.41) is 18.6. The third kappa shape index (κ3) is 4.01. The van der Waals surface area contributed by atoms with Crippen molar-refractivity contribution in [2.75, 3.05) is 6.61 Å². The van der Waals surface area contributed by atoms with Gasteiger partial charge >= 0.3 is 0 Å². The Labute approximate surface area is 136 Å².